The van der Waals surface area contributed by atoms with E-state index in [0.717, 1.165) is 17.5 Å². The van der Waals surface area contributed by atoms with E-state index in [1.54, 1.807) is 43.4 Å². The molecule has 3 aromatic rings. The Bertz CT molecular complexity index is 1010. The van der Waals surface area contributed by atoms with E-state index < -0.39 is 0 Å². The third-order valence-electron chi connectivity index (χ3n) is 4.84. The molecule has 1 amide bonds. The summed E-state index contributed by atoms with van der Waals surface area (Å²) in [4.78, 5) is 19.9. The van der Waals surface area contributed by atoms with Crippen molar-refractivity contribution in [2.24, 2.45) is 0 Å². The standard InChI is InChI=1S/C21H21ClN2O4S/c1-26-15-9-13(10-16(11-15)27-2)20(25)24(12-14-5-4-8-28-14)21-23-19-17(22)6-3-7-18(19)29-21/h3,6-7,9-11,14H,4-5,8,12H2,1-2H3. The minimum atomic E-state index is -0.187. The molecule has 1 aliphatic heterocycles. The molecule has 1 unspecified atom stereocenters. The van der Waals surface area contributed by atoms with E-state index in [1.807, 2.05) is 12.1 Å². The fourth-order valence-electron chi connectivity index (χ4n) is 3.35. The Morgan fingerprint density at radius 1 is 1.28 bits per heavy atom. The molecule has 29 heavy (non-hydrogen) atoms. The van der Waals surface area contributed by atoms with E-state index in [-0.39, 0.29) is 12.0 Å². The number of anilines is 1. The minimum absolute atomic E-state index is 0.0195. The van der Waals surface area contributed by atoms with Gasteiger partial charge in [0.15, 0.2) is 5.13 Å². The van der Waals surface area contributed by atoms with Crippen LogP contribution in [0.15, 0.2) is 36.4 Å². The van der Waals surface area contributed by atoms with Crippen LogP contribution in [0.2, 0.25) is 5.02 Å². The highest BCUT2D eigenvalue weighted by molar-refractivity contribution is 7.22. The fraction of sp³-hybridized carbons (Fsp3) is 0.333. The number of carbonyl (C=O) groups excluding carboxylic acids is 1. The first kappa shape index (κ1) is 19.9. The van der Waals surface area contributed by atoms with Gasteiger partial charge in [-0.05, 0) is 37.1 Å². The van der Waals surface area contributed by atoms with Crippen LogP contribution in [0.5, 0.6) is 11.5 Å². The summed E-state index contributed by atoms with van der Waals surface area (Å²) in [7, 11) is 3.12. The number of ether oxygens (including phenoxy) is 3. The van der Waals surface area contributed by atoms with Gasteiger partial charge in [0.25, 0.3) is 5.91 Å². The number of aromatic nitrogens is 1. The first-order chi connectivity index (χ1) is 14.1. The van der Waals surface area contributed by atoms with Crippen molar-refractivity contribution in [3.05, 3.63) is 47.0 Å². The van der Waals surface area contributed by atoms with Crippen LogP contribution < -0.4 is 14.4 Å². The molecule has 6 nitrogen and oxygen atoms in total. The number of thiazole rings is 1. The molecule has 0 bridgehead atoms. The maximum Gasteiger partial charge on any atom is 0.260 e. The number of nitrogens with zero attached hydrogens (tertiary/aromatic N) is 2. The van der Waals surface area contributed by atoms with Gasteiger partial charge in [-0.2, -0.15) is 0 Å². The third kappa shape index (κ3) is 4.17. The SMILES string of the molecule is COc1cc(OC)cc(C(=O)N(CC2CCCO2)c2nc3c(Cl)cccc3s2)c1. The normalized spacial score (nSPS) is 16.2. The van der Waals surface area contributed by atoms with Crippen LogP contribution >= 0.6 is 22.9 Å². The van der Waals surface area contributed by atoms with Gasteiger partial charge in [0.1, 0.15) is 17.0 Å². The third-order valence-corrected chi connectivity index (χ3v) is 6.19. The number of halogens is 1. The number of para-hydroxylation sites is 1. The van der Waals surface area contributed by atoms with Crippen molar-refractivity contribution >= 4 is 44.2 Å². The summed E-state index contributed by atoms with van der Waals surface area (Å²) in [5, 5.41) is 1.16. The van der Waals surface area contributed by atoms with Gasteiger partial charge in [-0.1, -0.05) is 29.0 Å². The average Bonchev–Trinajstić information content (AvgIpc) is 3.41. The van der Waals surface area contributed by atoms with Crippen molar-refractivity contribution in [3.8, 4) is 11.5 Å². The lowest BCUT2D eigenvalue weighted by Crippen LogP contribution is -2.37. The molecule has 2 aromatic carbocycles. The predicted octanol–water partition coefficient (Wildman–Crippen LogP) is 4.79. The molecule has 0 N–H and O–H groups in total. The minimum Gasteiger partial charge on any atom is -0.497 e. The number of rotatable bonds is 6. The second-order valence-electron chi connectivity index (χ2n) is 6.74. The molecule has 8 heteroatoms. The Morgan fingerprint density at radius 2 is 2.03 bits per heavy atom. The van der Waals surface area contributed by atoms with Crippen LogP contribution in [-0.4, -0.2) is 44.4 Å². The van der Waals surface area contributed by atoms with Crippen LogP contribution in [-0.2, 0) is 4.74 Å². The van der Waals surface area contributed by atoms with Gasteiger partial charge in [0, 0.05) is 18.2 Å². The van der Waals surface area contributed by atoms with E-state index in [4.69, 9.17) is 25.8 Å². The Balaban J connectivity index is 1.75. The molecule has 1 aliphatic rings. The van der Waals surface area contributed by atoms with Gasteiger partial charge < -0.3 is 14.2 Å². The Morgan fingerprint density at radius 3 is 2.66 bits per heavy atom. The first-order valence-electron chi connectivity index (χ1n) is 9.30. The van der Waals surface area contributed by atoms with Crippen LogP contribution in [0.3, 0.4) is 0 Å². The smallest absolute Gasteiger partial charge is 0.260 e. The van der Waals surface area contributed by atoms with Gasteiger partial charge in [0.2, 0.25) is 0 Å². The van der Waals surface area contributed by atoms with Crippen LogP contribution in [0, 0.1) is 0 Å². The molecule has 1 fully saturated rings. The van der Waals surface area contributed by atoms with Gasteiger partial charge in [0.05, 0.1) is 36.6 Å². The zero-order chi connectivity index (χ0) is 20.4. The van der Waals surface area contributed by atoms with Crippen molar-refractivity contribution in [1.29, 1.82) is 0 Å². The quantitative estimate of drug-likeness (QED) is 0.560. The van der Waals surface area contributed by atoms with Crippen molar-refractivity contribution in [3.63, 3.8) is 0 Å². The lowest BCUT2D eigenvalue weighted by atomic mass is 10.1. The van der Waals surface area contributed by atoms with Crippen molar-refractivity contribution in [2.75, 3.05) is 32.3 Å². The molecule has 4 rings (SSSR count). The summed E-state index contributed by atoms with van der Waals surface area (Å²) in [6, 6.07) is 10.8. The molecule has 0 radical (unpaired) electrons. The molecule has 1 aromatic heterocycles. The summed E-state index contributed by atoms with van der Waals surface area (Å²) in [6.45, 7) is 1.14. The van der Waals surface area contributed by atoms with Gasteiger partial charge in [-0.3, -0.25) is 9.69 Å². The number of hydrogen-bond donors (Lipinski definition) is 0. The topological polar surface area (TPSA) is 60.9 Å². The van der Waals surface area contributed by atoms with E-state index in [9.17, 15) is 4.79 Å². The number of carbonyl (C=O) groups is 1. The summed E-state index contributed by atoms with van der Waals surface area (Å²) in [5.74, 6) is 0.919. The van der Waals surface area contributed by atoms with E-state index >= 15 is 0 Å². The molecule has 152 valence electrons. The number of hydrogen-bond acceptors (Lipinski definition) is 6. The number of amides is 1. The molecule has 2 heterocycles. The van der Waals surface area contributed by atoms with Gasteiger partial charge in [-0.15, -0.1) is 0 Å². The molecule has 0 spiro atoms. The Hall–Kier alpha value is -2.35. The van der Waals surface area contributed by atoms with E-state index in [1.165, 1.54) is 11.3 Å². The van der Waals surface area contributed by atoms with Crippen LogP contribution in [0.1, 0.15) is 23.2 Å². The highest BCUT2D eigenvalue weighted by Crippen LogP contribution is 2.34. The molecule has 1 saturated heterocycles. The lowest BCUT2D eigenvalue weighted by molar-refractivity contribution is 0.0917. The molecule has 1 atom stereocenters. The molecular formula is C21H21ClN2O4S. The van der Waals surface area contributed by atoms with E-state index in [2.05, 4.69) is 4.98 Å². The molecule has 0 aliphatic carbocycles. The summed E-state index contributed by atoms with van der Waals surface area (Å²) in [5.41, 5.74) is 1.16. The molecular weight excluding hydrogens is 412 g/mol. The highest BCUT2D eigenvalue weighted by Gasteiger charge is 2.28. The van der Waals surface area contributed by atoms with Crippen LogP contribution in [0.4, 0.5) is 5.13 Å². The summed E-state index contributed by atoms with van der Waals surface area (Å²) < 4.78 is 17.4. The van der Waals surface area contributed by atoms with Crippen molar-refractivity contribution < 1.29 is 19.0 Å². The summed E-state index contributed by atoms with van der Waals surface area (Å²) >= 11 is 7.74. The fourth-order valence-corrected chi connectivity index (χ4v) is 4.62. The maximum absolute atomic E-state index is 13.5. The van der Waals surface area contributed by atoms with E-state index in [0.29, 0.717) is 45.9 Å². The second kappa shape index (κ2) is 8.57. The Kier molecular flexibility index (Phi) is 5.89. The number of fused-ring (bicyclic) bond motifs is 1. The average molecular weight is 433 g/mol. The monoisotopic (exact) mass is 432 g/mol. The zero-order valence-electron chi connectivity index (χ0n) is 16.2. The second-order valence-corrected chi connectivity index (χ2v) is 8.15. The van der Waals surface area contributed by atoms with Gasteiger partial charge in [-0.25, -0.2) is 4.98 Å². The largest absolute Gasteiger partial charge is 0.497 e. The first-order valence-corrected chi connectivity index (χ1v) is 10.5. The van der Waals surface area contributed by atoms with Crippen molar-refractivity contribution in [2.45, 2.75) is 18.9 Å². The Labute approximate surface area is 178 Å². The lowest BCUT2D eigenvalue weighted by Gasteiger charge is -2.23. The van der Waals surface area contributed by atoms with Gasteiger partial charge >= 0.3 is 0 Å². The predicted molar refractivity (Wildman–Crippen MR) is 115 cm³/mol. The molecule has 0 saturated carbocycles. The summed E-state index contributed by atoms with van der Waals surface area (Å²) in [6.07, 6.45) is 1.89. The zero-order valence-corrected chi connectivity index (χ0v) is 17.8. The maximum atomic E-state index is 13.5. The van der Waals surface area contributed by atoms with Crippen molar-refractivity contribution in [1.82, 2.24) is 4.98 Å². The van der Waals surface area contributed by atoms with Crippen LogP contribution in [0.25, 0.3) is 10.2 Å². The highest BCUT2D eigenvalue weighted by atomic mass is 35.5. The number of methoxy groups -OCH3 is 2. The number of benzene rings is 2.